The summed E-state index contributed by atoms with van der Waals surface area (Å²) in [6.45, 7) is 44.0. The van der Waals surface area contributed by atoms with Crippen molar-refractivity contribution < 1.29 is 18.5 Å². The van der Waals surface area contributed by atoms with Crippen molar-refractivity contribution in [3.63, 3.8) is 0 Å². The molecular formula is C69H116NO4PSi2. The van der Waals surface area contributed by atoms with E-state index in [2.05, 4.69) is 135 Å². The van der Waals surface area contributed by atoms with Crippen LogP contribution in [0.15, 0.2) is 84.5 Å². The molecule has 0 amide bonds. The van der Waals surface area contributed by atoms with Gasteiger partial charge in [0.05, 0.1) is 29.8 Å². The molecule has 0 saturated heterocycles. The first-order valence-corrected chi connectivity index (χ1v) is 39.2. The molecule has 0 spiro atoms. The number of rotatable bonds is 18. The second kappa shape index (κ2) is 28.3. The molecule has 5 fully saturated rings. The highest BCUT2D eigenvalue weighted by atomic mass is 31.2. The molecule has 2 aromatic carbocycles. The molecule has 5 aliphatic rings. The number of fused-ring (bicyclic) bond motifs is 2. The Bertz CT molecular complexity index is 2150. The smallest absolute Gasteiger partial charge is 0.192 e. The van der Waals surface area contributed by atoms with Gasteiger partial charge in [-0.3, -0.25) is 0 Å². The number of aliphatic hydroxyl groups is 1. The Morgan fingerprint density at radius 1 is 0.701 bits per heavy atom. The van der Waals surface area contributed by atoms with E-state index >= 15 is 0 Å². The van der Waals surface area contributed by atoms with Crippen LogP contribution in [-0.2, 0) is 13.4 Å². The average molecular weight is 1110 g/mol. The molecular weight excluding hydrogens is 994 g/mol. The summed E-state index contributed by atoms with van der Waals surface area (Å²) in [7, 11) is -6.92. The van der Waals surface area contributed by atoms with Gasteiger partial charge in [0.15, 0.2) is 16.6 Å². The van der Waals surface area contributed by atoms with Crippen molar-refractivity contribution in [3.05, 3.63) is 84.5 Å². The van der Waals surface area contributed by atoms with Crippen LogP contribution in [0.1, 0.15) is 206 Å². The first-order valence-electron chi connectivity index (χ1n) is 31.5. The van der Waals surface area contributed by atoms with E-state index in [-0.39, 0.29) is 33.8 Å². The minimum absolute atomic E-state index is 0.0246. The monoisotopic (exact) mass is 1110 g/mol. The van der Waals surface area contributed by atoms with Gasteiger partial charge in [-0.15, -0.1) is 0 Å². The number of benzene rings is 2. The number of hydrogen-bond donors (Lipinski definition) is 1. The average Bonchev–Trinajstić information content (AvgIpc) is 3.99. The lowest BCUT2D eigenvalue weighted by Gasteiger charge is -2.46. The summed E-state index contributed by atoms with van der Waals surface area (Å²) >= 11 is 0. The number of allylic oxidation sites excluding steroid dienone is 1. The zero-order valence-corrected chi connectivity index (χ0v) is 55.5. The van der Waals surface area contributed by atoms with Crippen LogP contribution >= 0.6 is 7.14 Å². The van der Waals surface area contributed by atoms with Gasteiger partial charge in [0.1, 0.15) is 7.14 Å². The Hall–Kier alpha value is -2.05. The molecule has 5 saturated carbocycles. The maximum absolute atomic E-state index is 14.7. The standard InChI is InChI=1S/C33H51O3PSi2.C19H33N.C17H32O/c1-26-30(35-38(8,9)32(2,3)4)24-27(25-31(26)36-39(10,11)33(5,6)7)22-23-37(34,28-18-14-12-15-19-28)29-20-16-13-17-21-29;1-14(2)7-5-8-15(3)17-10-11-18-16(4)9-6-12-19(17,18)13-20;1-12(2)6-4-7-13(3)14-10-11-16-15(14)8-5-9-17(16)18/h12-22,30-31H,1,23-25H2,2-11H3;14-18H,5-12H2,1-4H3;12-18H,4-11H2,1-3H3/t30-,31-;15-,16-,17+,18-,19-;13-,14+,15+,16+,17-/m100/s1. The van der Waals surface area contributed by atoms with Gasteiger partial charge in [0.2, 0.25) is 0 Å². The van der Waals surface area contributed by atoms with Crippen LogP contribution in [0.4, 0.5) is 0 Å². The molecule has 0 radical (unpaired) electrons. The molecule has 5 nitrogen and oxygen atoms in total. The lowest BCUT2D eigenvalue weighted by molar-refractivity contribution is 0.0309. The number of nitrogens with zero attached hydrogens (tertiary/aromatic N) is 1. The van der Waals surface area contributed by atoms with Crippen LogP contribution in [0.2, 0.25) is 36.3 Å². The number of nitriles is 1. The van der Waals surface area contributed by atoms with Crippen molar-refractivity contribution in [1.82, 2.24) is 0 Å². The van der Waals surface area contributed by atoms with Crippen molar-refractivity contribution in [2.75, 3.05) is 6.16 Å². The van der Waals surface area contributed by atoms with Gasteiger partial charge in [-0.1, -0.05) is 227 Å². The fourth-order valence-corrected chi connectivity index (χ4v) is 19.5. The third-order valence-corrected chi connectivity index (χ3v) is 33.1. The molecule has 0 unspecified atom stereocenters. The molecule has 8 heteroatoms. The molecule has 0 aliphatic heterocycles. The van der Waals surface area contributed by atoms with E-state index < -0.39 is 23.8 Å². The predicted octanol–water partition coefficient (Wildman–Crippen LogP) is 19.5. The second-order valence-corrected chi connectivity index (χ2v) is 42.0. The molecule has 12 atom stereocenters. The maximum atomic E-state index is 14.7. The summed E-state index contributed by atoms with van der Waals surface area (Å²) in [6.07, 6.45) is 25.2. The van der Waals surface area contributed by atoms with E-state index in [1.165, 1.54) is 102 Å². The highest BCUT2D eigenvalue weighted by Crippen LogP contribution is 2.60. The Balaban J connectivity index is 0.000000239. The molecule has 77 heavy (non-hydrogen) atoms. The number of aliphatic hydroxyl groups excluding tert-OH is 1. The topological polar surface area (TPSA) is 79.6 Å². The van der Waals surface area contributed by atoms with Crippen molar-refractivity contribution in [1.29, 1.82) is 5.26 Å². The minimum Gasteiger partial charge on any atom is -0.410 e. The first-order chi connectivity index (χ1) is 36.0. The van der Waals surface area contributed by atoms with E-state index in [4.69, 9.17) is 8.85 Å². The lowest BCUT2D eigenvalue weighted by atomic mass is 9.59. The summed E-state index contributed by atoms with van der Waals surface area (Å²) in [5.41, 5.74) is 2.37. The zero-order valence-electron chi connectivity index (χ0n) is 52.6. The van der Waals surface area contributed by atoms with Crippen molar-refractivity contribution in [2.24, 2.45) is 64.6 Å². The fourth-order valence-electron chi connectivity index (χ4n) is 14.3. The third-order valence-electron chi connectivity index (χ3n) is 21.2. The summed E-state index contributed by atoms with van der Waals surface area (Å²) in [6, 6.07) is 22.7. The van der Waals surface area contributed by atoms with Gasteiger partial charge in [0.25, 0.3) is 0 Å². The van der Waals surface area contributed by atoms with Crippen LogP contribution in [0.25, 0.3) is 0 Å². The largest absolute Gasteiger partial charge is 0.410 e. The molecule has 1 N–H and O–H groups in total. The maximum Gasteiger partial charge on any atom is 0.192 e. The predicted molar refractivity (Wildman–Crippen MR) is 338 cm³/mol. The molecule has 2 aromatic rings. The SMILES string of the molecule is C=C1[C@H](O[Si](C)(C)C(C)(C)C)CC(=CCP(=O)(c2ccccc2)c2ccccc2)C[C@H]1O[Si](C)(C)C(C)(C)C.CC(C)CCC[C@H](C)[C@H]1CC[C@@H]2[C@@H]1CCC[C@@H]2O.CC(C)CCC[C@H](C)[C@H]1CC[C@H]2[C@@H](C)CCC[C@]12C#N. The van der Waals surface area contributed by atoms with E-state index in [9.17, 15) is 14.9 Å². The Labute approximate surface area is 477 Å². The zero-order chi connectivity index (χ0) is 57.1. The molecule has 5 aliphatic carbocycles. The van der Waals surface area contributed by atoms with Crippen molar-refractivity contribution in [2.45, 2.75) is 260 Å². The third kappa shape index (κ3) is 17.0. The minimum atomic E-state index is -2.84. The second-order valence-electron chi connectivity index (χ2n) is 29.7. The van der Waals surface area contributed by atoms with Crippen LogP contribution in [0.5, 0.6) is 0 Å². The van der Waals surface area contributed by atoms with E-state index in [0.29, 0.717) is 23.9 Å². The lowest BCUT2D eigenvalue weighted by Crippen LogP contribution is -2.49. The van der Waals surface area contributed by atoms with Crippen LogP contribution in [0, 0.1) is 75.9 Å². The van der Waals surface area contributed by atoms with E-state index in [1.807, 2.05) is 60.7 Å². The fraction of sp³-hybridized carbons (Fsp3) is 0.754. The number of hydrogen-bond acceptors (Lipinski definition) is 5. The van der Waals surface area contributed by atoms with Gasteiger partial charge in [-0.2, -0.15) is 5.26 Å². The Kier molecular flexibility index (Phi) is 24.2. The molecule has 0 bridgehead atoms. The van der Waals surface area contributed by atoms with Gasteiger partial charge in [-0.25, -0.2) is 0 Å². The van der Waals surface area contributed by atoms with Crippen molar-refractivity contribution in [3.8, 4) is 6.07 Å². The van der Waals surface area contributed by atoms with Crippen LogP contribution < -0.4 is 10.6 Å². The van der Waals surface area contributed by atoms with E-state index in [1.54, 1.807) is 0 Å². The summed E-state index contributed by atoms with van der Waals surface area (Å²) in [4.78, 5) is 0. The summed E-state index contributed by atoms with van der Waals surface area (Å²) in [5.74, 6) is 7.84. The highest BCUT2D eigenvalue weighted by Gasteiger charge is 2.55. The van der Waals surface area contributed by atoms with Gasteiger partial charge >= 0.3 is 0 Å². The van der Waals surface area contributed by atoms with E-state index in [0.717, 1.165) is 76.9 Å². The Morgan fingerprint density at radius 3 is 1.69 bits per heavy atom. The van der Waals surface area contributed by atoms with Crippen molar-refractivity contribution >= 4 is 34.4 Å². The summed E-state index contributed by atoms with van der Waals surface area (Å²) in [5, 5.41) is 22.1. The van der Waals surface area contributed by atoms with Gasteiger partial charge in [0, 0.05) is 16.8 Å². The molecule has 7 rings (SSSR count). The van der Waals surface area contributed by atoms with Crippen LogP contribution in [-0.4, -0.2) is 46.2 Å². The highest BCUT2D eigenvalue weighted by molar-refractivity contribution is 7.78. The molecule has 0 aromatic heterocycles. The quantitative estimate of drug-likeness (QED) is 0.0914. The van der Waals surface area contributed by atoms with Gasteiger partial charge < -0.3 is 18.5 Å². The molecule has 0 heterocycles. The Morgan fingerprint density at radius 2 is 1.21 bits per heavy atom. The van der Waals surface area contributed by atoms with Crippen LogP contribution in [0.3, 0.4) is 0 Å². The molecule has 434 valence electrons. The normalized spacial score (nSPS) is 28.8. The summed E-state index contributed by atoms with van der Waals surface area (Å²) < 4.78 is 28.7. The first kappa shape index (κ1) is 65.8. The van der Waals surface area contributed by atoms with Gasteiger partial charge in [-0.05, 0) is 159 Å².